The summed E-state index contributed by atoms with van der Waals surface area (Å²) in [6.07, 6.45) is 3.10. The van der Waals surface area contributed by atoms with Crippen LogP contribution in [-0.4, -0.2) is 35.2 Å². The molecule has 2 rings (SSSR count). The number of nitrogens with zero attached hydrogens (tertiary/aromatic N) is 2. The first-order chi connectivity index (χ1) is 7.38. The molecule has 15 heavy (non-hydrogen) atoms. The Balaban J connectivity index is 1.83. The van der Waals surface area contributed by atoms with E-state index in [1.807, 2.05) is 18.8 Å². The predicted octanol–water partition coefficient (Wildman–Crippen LogP) is 1.13. The normalized spacial score (nSPS) is 21.0. The molecular formula is C10H17N3OS. The number of likely N-dealkylation sites (N-methyl/N-ethyl adjacent to an activating group) is 1. The van der Waals surface area contributed by atoms with Gasteiger partial charge in [0.15, 0.2) is 5.82 Å². The molecule has 1 saturated heterocycles. The van der Waals surface area contributed by atoms with Crippen LogP contribution in [0.1, 0.15) is 18.1 Å². The van der Waals surface area contributed by atoms with Crippen molar-refractivity contribution < 1.29 is 4.52 Å². The maximum atomic E-state index is 5.17. The summed E-state index contributed by atoms with van der Waals surface area (Å²) in [6, 6.07) is 0. The van der Waals surface area contributed by atoms with E-state index in [1.165, 1.54) is 17.9 Å². The maximum absolute atomic E-state index is 5.17. The van der Waals surface area contributed by atoms with Gasteiger partial charge in [-0.05, 0) is 30.9 Å². The van der Waals surface area contributed by atoms with Gasteiger partial charge in [-0.15, -0.1) is 0 Å². The fraction of sp³-hybridized carbons (Fsp3) is 0.800. The van der Waals surface area contributed by atoms with Crippen molar-refractivity contribution >= 4 is 11.8 Å². The van der Waals surface area contributed by atoms with Crippen LogP contribution in [0.5, 0.6) is 0 Å². The summed E-state index contributed by atoms with van der Waals surface area (Å²) >= 11 is 2.03. The van der Waals surface area contributed by atoms with Crippen LogP contribution < -0.4 is 5.32 Å². The fourth-order valence-corrected chi connectivity index (χ4v) is 2.99. The molecule has 0 aromatic carbocycles. The Hall–Kier alpha value is -0.550. The zero-order valence-electron chi connectivity index (χ0n) is 9.03. The molecule has 84 valence electrons. The van der Waals surface area contributed by atoms with Crippen molar-refractivity contribution in [3.8, 4) is 0 Å². The van der Waals surface area contributed by atoms with Crippen LogP contribution in [0, 0.1) is 5.92 Å². The molecule has 0 spiro atoms. The first kappa shape index (κ1) is 11.0. The van der Waals surface area contributed by atoms with E-state index in [4.69, 9.17) is 4.52 Å². The van der Waals surface area contributed by atoms with Gasteiger partial charge in [0, 0.05) is 19.4 Å². The predicted molar refractivity (Wildman–Crippen MR) is 61.1 cm³/mol. The Morgan fingerprint density at radius 2 is 2.53 bits per heavy atom. The molecule has 0 aliphatic carbocycles. The Morgan fingerprint density at radius 1 is 1.60 bits per heavy atom. The van der Waals surface area contributed by atoms with Crippen LogP contribution in [0.3, 0.4) is 0 Å². The Bertz CT molecular complexity index is 297. The first-order valence-corrected chi connectivity index (χ1v) is 6.57. The molecule has 0 saturated carbocycles. The Morgan fingerprint density at radius 3 is 3.27 bits per heavy atom. The van der Waals surface area contributed by atoms with Gasteiger partial charge in [-0.2, -0.15) is 16.7 Å². The lowest BCUT2D eigenvalue weighted by atomic mass is 10.1. The van der Waals surface area contributed by atoms with E-state index in [1.54, 1.807) is 0 Å². The number of hydrogen-bond acceptors (Lipinski definition) is 5. The molecule has 1 aliphatic heterocycles. The minimum Gasteiger partial charge on any atom is -0.339 e. The zero-order valence-corrected chi connectivity index (χ0v) is 9.85. The number of hydrogen-bond donors (Lipinski definition) is 1. The summed E-state index contributed by atoms with van der Waals surface area (Å²) < 4.78 is 5.17. The lowest BCUT2D eigenvalue weighted by molar-refractivity contribution is 0.369. The lowest BCUT2D eigenvalue weighted by Crippen LogP contribution is -2.10. The second-order valence-corrected chi connectivity index (χ2v) is 5.04. The number of nitrogens with one attached hydrogen (secondary N) is 1. The third-order valence-corrected chi connectivity index (χ3v) is 3.83. The number of aromatic nitrogens is 2. The van der Waals surface area contributed by atoms with E-state index in [0.717, 1.165) is 37.0 Å². The van der Waals surface area contributed by atoms with Crippen LogP contribution in [0.4, 0.5) is 0 Å². The van der Waals surface area contributed by atoms with Crippen LogP contribution in [0.15, 0.2) is 4.52 Å². The van der Waals surface area contributed by atoms with Gasteiger partial charge < -0.3 is 9.84 Å². The van der Waals surface area contributed by atoms with Crippen LogP contribution in [0.25, 0.3) is 0 Å². The standard InChI is InChI=1S/C10H17N3OS/c1-11-4-2-10-12-9(13-14-10)6-8-3-5-15-7-8/h8,11H,2-7H2,1H3. The van der Waals surface area contributed by atoms with Crippen molar-refractivity contribution in [2.24, 2.45) is 5.92 Å². The molecule has 1 fully saturated rings. The monoisotopic (exact) mass is 227 g/mol. The molecule has 0 bridgehead atoms. The van der Waals surface area contributed by atoms with E-state index >= 15 is 0 Å². The summed E-state index contributed by atoms with van der Waals surface area (Å²) in [5.41, 5.74) is 0. The van der Waals surface area contributed by atoms with Gasteiger partial charge in [0.05, 0.1) is 0 Å². The highest BCUT2D eigenvalue weighted by molar-refractivity contribution is 7.99. The Labute approximate surface area is 94.2 Å². The molecule has 1 aromatic rings. The first-order valence-electron chi connectivity index (χ1n) is 5.42. The Kier molecular flexibility index (Phi) is 4.02. The van der Waals surface area contributed by atoms with E-state index < -0.39 is 0 Å². The SMILES string of the molecule is CNCCc1nc(CC2CCSC2)no1. The molecule has 4 nitrogen and oxygen atoms in total. The fourth-order valence-electron chi connectivity index (χ4n) is 1.71. The quantitative estimate of drug-likeness (QED) is 0.817. The van der Waals surface area contributed by atoms with E-state index in [-0.39, 0.29) is 0 Å². The largest absolute Gasteiger partial charge is 0.339 e. The minimum atomic E-state index is 0.754. The highest BCUT2D eigenvalue weighted by atomic mass is 32.2. The van der Waals surface area contributed by atoms with Crippen molar-refractivity contribution in [1.29, 1.82) is 0 Å². The average Bonchev–Trinajstić information content (AvgIpc) is 2.87. The van der Waals surface area contributed by atoms with Crippen LogP contribution in [0.2, 0.25) is 0 Å². The van der Waals surface area contributed by atoms with Crippen LogP contribution >= 0.6 is 11.8 Å². The number of thioether (sulfide) groups is 1. The van der Waals surface area contributed by atoms with E-state index in [2.05, 4.69) is 15.5 Å². The van der Waals surface area contributed by atoms with E-state index in [0.29, 0.717) is 0 Å². The van der Waals surface area contributed by atoms with Crippen molar-refractivity contribution in [2.75, 3.05) is 25.1 Å². The minimum absolute atomic E-state index is 0.754. The molecule has 1 N–H and O–H groups in total. The molecular weight excluding hydrogens is 210 g/mol. The van der Waals surface area contributed by atoms with Gasteiger partial charge in [-0.1, -0.05) is 5.16 Å². The molecule has 5 heteroatoms. The highest BCUT2D eigenvalue weighted by Gasteiger charge is 2.18. The van der Waals surface area contributed by atoms with Crippen molar-refractivity contribution in [2.45, 2.75) is 19.3 Å². The third-order valence-electron chi connectivity index (χ3n) is 2.59. The highest BCUT2D eigenvalue weighted by Crippen LogP contribution is 2.25. The summed E-state index contributed by atoms with van der Waals surface area (Å²) in [4.78, 5) is 4.38. The lowest BCUT2D eigenvalue weighted by Gasteiger charge is -2.01. The van der Waals surface area contributed by atoms with Crippen LogP contribution in [-0.2, 0) is 12.8 Å². The summed E-state index contributed by atoms with van der Waals surface area (Å²) in [6.45, 7) is 0.890. The van der Waals surface area contributed by atoms with Gasteiger partial charge in [0.1, 0.15) is 0 Å². The summed E-state index contributed by atoms with van der Waals surface area (Å²) in [7, 11) is 1.92. The van der Waals surface area contributed by atoms with Gasteiger partial charge in [0.25, 0.3) is 0 Å². The molecule has 1 aliphatic rings. The summed E-state index contributed by atoms with van der Waals surface area (Å²) in [5, 5.41) is 7.08. The van der Waals surface area contributed by atoms with E-state index in [9.17, 15) is 0 Å². The number of rotatable bonds is 5. The van der Waals surface area contributed by atoms with Crippen molar-refractivity contribution in [3.05, 3.63) is 11.7 Å². The smallest absolute Gasteiger partial charge is 0.227 e. The summed E-state index contributed by atoms with van der Waals surface area (Å²) in [5.74, 6) is 4.93. The molecule has 1 unspecified atom stereocenters. The zero-order chi connectivity index (χ0) is 10.5. The van der Waals surface area contributed by atoms with Gasteiger partial charge in [-0.25, -0.2) is 0 Å². The third kappa shape index (κ3) is 3.21. The van der Waals surface area contributed by atoms with Gasteiger partial charge in [0.2, 0.25) is 5.89 Å². The molecule has 0 amide bonds. The van der Waals surface area contributed by atoms with Crippen molar-refractivity contribution in [1.82, 2.24) is 15.5 Å². The molecule has 2 heterocycles. The topological polar surface area (TPSA) is 51.0 Å². The average molecular weight is 227 g/mol. The maximum Gasteiger partial charge on any atom is 0.227 e. The molecule has 1 aromatic heterocycles. The van der Waals surface area contributed by atoms with Gasteiger partial charge >= 0.3 is 0 Å². The van der Waals surface area contributed by atoms with Gasteiger partial charge in [-0.3, -0.25) is 0 Å². The van der Waals surface area contributed by atoms with Crippen molar-refractivity contribution in [3.63, 3.8) is 0 Å². The second kappa shape index (κ2) is 5.51. The molecule has 1 atom stereocenters. The molecule has 0 radical (unpaired) electrons. The second-order valence-electron chi connectivity index (χ2n) is 3.89.